The summed E-state index contributed by atoms with van der Waals surface area (Å²) in [6, 6.07) is -1.62. The molecule has 0 aromatic rings. The van der Waals surface area contributed by atoms with Crippen LogP contribution in [0.1, 0.15) is 220 Å². The van der Waals surface area contributed by atoms with E-state index in [2.05, 4.69) is 26.1 Å². The van der Waals surface area contributed by atoms with Crippen molar-refractivity contribution in [3.8, 4) is 0 Å². The second-order valence-corrected chi connectivity index (χ2v) is 18.7. The first-order chi connectivity index (χ1) is 29.7. The van der Waals surface area contributed by atoms with Crippen molar-refractivity contribution in [3.63, 3.8) is 0 Å². The molecule has 1 aliphatic heterocycles. The van der Waals surface area contributed by atoms with Crippen LogP contribution in [0.3, 0.4) is 0 Å². The molecule has 0 saturated carbocycles. The number of aliphatic hydroxyl groups is 4. The first kappa shape index (κ1) is 58.3. The quantitative estimate of drug-likeness (QED) is 0.0174. The van der Waals surface area contributed by atoms with Crippen LogP contribution in [0, 0.1) is 0 Å². The molecule has 0 unspecified atom stereocenters. The van der Waals surface area contributed by atoms with Gasteiger partial charge in [-0.05, 0) is 25.7 Å². The van der Waals surface area contributed by atoms with Gasteiger partial charge < -0.3 is 49.7 Å². The highest BCUT2D eigenvalue weighted by Crippen LogP contribution is 2.42. The molecule has 366 valence electrons. The van der Waals surface area contributed by atoms with Gasteiger partial charge in [-0.2, -0.15) is 0 Å². The lowest BCUT2D eigenvalue weighted by Crippen LogP contribution is -2.65. The number of phosphoric acid groups is 1. The average molecular weight is 910 g/mol. The fraction of sp³-hybridized carbons (Fsp3) is 0.935. The zero-order valence-electron chi connectivity index (χ0n) is 38.6. The predicted octanol–water partition coefficient (Wildman–Crippen LogP) is 8.36. The summed E-state index contributed by atoms with van der Waals surface area (Å²) in [5.41, 5.74) is 0. The number of hydrogen-bond acceptors (Lipinski definition) is 12. The van der Waals surface area contributed by atoms with E-state index < -0.39 is 87.7 Å². The van der Waals surface area contributed by atoms with E-state index in [0.717, 1.165) is 83.5 Å². The van der Waals surface area contributed by atoms with Crippen LogP contribution < -0.4 is 5.32 Å². The maximum atomic E-state index is 13.7. The second kappa shape index (κ2) is 36.5. The minimum absolute atomic E-state index is 0.248. The number of carbonyl (C=O) groups is 3. The first-order valence-electron chi connectivity index (χ1n) is 24.5. The van der Waals surface area contributed by atoms with Crippen LogP contribution in [-0.2, 0) is 37.7 Å². The third-order valence-corrected chi connectivity index (χ3v) is 12.1. The molecule has 0 spiro atoms. The van der Waals surface area contributed by atoms with E-state index in [1.807, 2.05) is 0 Å². The first-order valence-corrected chi connectivity index (χ1v) is 26.0. The summed E-state index contributed by atoms with van der Waals surface area (Å²) in [6.45, 7) is 5.62. The minimum Gasteiger partial charge on any atom is -0.462 e. The molecule has 1 aliphatic rings. The Bertz CT molecular complexity index is 1190. The number of carbonyl (C=O) groups excluding carboxylic acids is 3. The van der Waals surface area contributed by atoms with E-state index in [-0.39, 0.29) is 12.8 Å². The zero-order valence-corrected chi connectivity index (χ0v) is 39.5. The van der Waals surface area contributed by atoms with Crippen molar-refractivity contribution in [1.29, 1.82) is 0 Å². The molecule has 0 bridgehead atoms. The average Bonchev–Trinajstić information content (AvgIpc) is 3.20. The highest BCUT2D eigenvalue weighted by Gasteiger charge is 2.51. The normalized spacial score (nSPS) is 20.7. The van der Waals surface area contributed by atoms with Crippen LogP contribution in [-0.4, -0.2) is 104 Å². The van der Waals surface area contributed by atoms with Crippen molar-refractivity contribution in [2.75, 3.05) is 6.61 Å². The van der Waals surface area contributed by atoms with Crippen LogP contribution in [0.2, 0.25) is 0 Å². The summed E-state index contributed by atoms with van der Waals surface area (Å²) < 4.78 is 33.8. The zero-order chi connectivity index (χ0) is 46.0. The number of unbranched alkanes of at least 4 members (excludes halogenated alkanes) is 22. The van der Waals surface area contributed by atoms with Gasteiger partial charge in [0.05, 0.1) is 38.1 Å². The number of ether oxygens (including phenoxy) is 3. The number of phosphoric ester groups is 1. The lowest BCUT2D eigenvalue weighted by Gasteiger charge is -2.43. The fourth-order valence-corrected chi connectivity index (χ4v) is 8.61. The van der Waals surface area contributed by atoms with Crippen LogP contribution in [0.4, 0.5) is 0 Å². The van der Waals surface area contributed by atoms with Crippen LogP contribution in [0.25, 0.3) is 0 Å². The van der Waals surface area contributed by atoms with Gasteiger partial charge in [-0.25, -0.2) is 4.57 Å². The lowest BCUT2D eigenvalue weighted by atomic mass is 9.96. The smallest absolute Gasteiger partial charge is 0.462 e. The number of aliphatic hydroxyl groups excluding tert-OH is 4. The molecular weight excluding hydrogens is 821 g/mol. The third-order valence-electron chi connectivity index (χ3n) is 11.6. The van der Waals surface area contributed by atoms with Gasteiger partial charge in [0.15, 0.2) is 12.4 Å². The Morgan fingerprint density at radius 2 is 1.02 bits per heavy atom. The fourth-order valence-electron chi connectivity index (χ4n) is 8.03. The molecule has 8 atom stereocenters. The largest absolute Gasteiger partial charge is 0.470 e. The Hall–Kier alpha value is -1.68. The Balaban J connectivity index is 3.01. The van der Waals surface area contributed by atoms with Gasteiger partial charge >= 0.3 is 19.8 Å². The van der Waals surface area contributed by atoms with E-state index >= 15 is 0 Å². The van der Waals surface area contributed by atoms with Crippen molar-refractivity contribution in [2.24, 2.45) is 0 Å². The van der Waals surface area contributed by atoms with Crippen molar-refractivity contribution < 1.29 is 67.9 Å². The number of nitrogens with one attached hydrogen (secondary N) is 1. The Kier molecular flexibility index (Phi) is 34.4. The summed E-state index contributed by atoms with van der Waals surface area (Å²) in [5.74, 6) is -2.40. The summed E-state index contributed by atoms with van der Waals surface area (Å²) in [7, 11) is -5.32. The van der Waals surface area contributed by atoms with Crippen molar-refractivity contribution in [2.45, 2.75) is 269 Å². The van der Waals surface area contributed by atoms with Gasteiger partial charge in [-0.15, -0.1) is 0 Å². The number of hydrogen-bond donors (Lipinski definition) is 7. The second-order valence-electron chi connectivity index (χ2n) is 17.5. The Morgan fingerprint density at radius 3 is 1.45 bits per heavy atom. The van der Waals surface area contributed by atoms with Gasteiger partial charge in [0.2, 0.25) is 5.91 Å². The molecule has 16 heteroatoms. The topological polar surface area (TPSA) is 239 Å². The Morgan fingerprint density at radius 1 is 0.597 bits per heavy atom. The van der Waals surface area contributed by atoms with Crippen LogP contribution in [0.5, 0.6) is 0 Å². The molecule has 62 heavy (non-hydrogen) atoms. The molecule has 15 nitrogen and oxygen atoms in total. The molecule has 1 saturated heterocycles. The lowest BCUT2D eigenvalue weighted by molar-refractivity contribution is -0.256. The van der Waals surface area contributed by atoms with Gasteiger partial charge in [0, 0.05) is 0 Å². The summed E-state index contributed by atoms with van der Waals surface area (Å²) in [6.07, 6.45) is 16.7. The minimum atomic E-state index is -5.32. The third kappa shape index (κ3) is 29.7. The number of rotatable bonds is 40. The van der Waals surface area contributed by atoms with Crippen LogP contribution in [0.15, 0.2) is 0 Å². The summed E-state index contributed by atoms with van der Waals surface area (Å²) in [4.78, 5) is 59.5. The SMILES string of the molecule is CCCCCCCCCCC[C@@H](O)CC(=O)O[C@H](CCCCCCCCCCC)CC(=O)O[C@@H]1[C@@H](NC(=O)C[C@H](O)CCCCCCCCC)[C@H](O)O[C@H](CO)[C@H]1OP(=O)(O)O. The summed E-state index contributed by atoms with van der Waals surface area (Å²) >= 11 is 0. The molecule has 7 N–H and O–H groups in total. The van der Waals surface area contributed by atoms with E-state index in [4.69, 9.17) is 18.7 Å². The van der Waals surface area contributed by atoms with E-state index in [1.165, 1.54) is 64.2 Å². The molecular formula is C46H88NO14P. The maximum absolute atomic E-state index is 13.7. The molecule has 0 aromatic carbocycles. The number of amides is 1. The van der Waals surface area contributed by atoms with Crippen molar-refractivity contribution in [1.82, 2.24) is 5.32 Å². The van der Waals surface area contributed by atoms with Crippen molar-refractivity contribution in [3.05, 3.63) is 0 Å². The van der Waals surface area contributed by atoms with E-state index in [0.29, 0.717) is 32.1 Å². The summed E-state index contributed by atoms with van der Waals surface area (Å²) in [5, 5.41) is 44.7. The van der Waals surface area contributed by atoms with E-state index in [9.17, 15) is 49.2 Å². The maximum Gasteiger partial charge on any atom is 0.470 e. The molecule has 0 aromatic heterocycles. The standard InChI is InChI=1S/C46H88NO14P/c1-4-7-10-13-16-18-21-24-27-30-37(50)33-41(52)58-38(31-28-25-22-19-17-14-11-8-5-2)34-42(53)60-45-43(46(54)59-39(35-48)44(45)61-62(55,56)57)47-40(51)32-36(49)29-26-23-20-15-12-9-6-3/h36-39,43-46,48-50,54H,4-35H2,1-3H3,(H,47,51)(H2,55,56,57)/t36-,37-,38-,39-,43-,44-,45-,46-/m1/s1. The highest BCUT2D eigenvalue weighted by molar-refractivity contribution is 7.46. The molecule has 1 rings (SSSR count). The molecule has 0 radical (unpaired) electrons. The van der Waals surface area contributed by atoms with Gasteiger partial charge in [0.1, 0.15) is 24.4 Å². The molecule has 0 aliphatic carbocycles. The van der Waals surface area contributed by atoms with Gasteiger partial charge in [-0.1, -0.05) is 175 Å². The van der Waals surface area contributed by atoms with Gasteiger partial charge in [0.25, 0.3) is 0 Å². The van der Waals surface area contributed by atoms with Gasteiger partial charge in [-0.3, -0.25) is 18.9 Å². The van der Waals surface area contributed by atoms with Crippen molar-refractivity contribution >= 4 is 25.7 Å². The highest BCUT2D eigenvalue weighted by atomic mass is 31.2. The Labute approximate surface area is 373 Å². The van der Waals surface area contributed by atoms with Crippen LogP contribution >= 0.6 is 7.82 Å². The predicted molar refractivity (Wildman–Crippen MR) is 239 cm³/mol. The monoisotopic (exact) mass is 910 g/mol. The number of esters is 2. The van der Waals surface area contributed by atoms with E-state index in [1.54, 1.807) is 0 Å². The molecule has 1 heterocycles. The molecule has 1 fully saturated rings. The molecule has 1 amide bonds.